The molecule has 2 aromatic carbocycles. The Morgan fingerprint density at radius 2 is 2.00 bits per heavy atom. The summed E-state index contributed by atoms with van der Waals surface area (Å²) in [4.78, 5) is 14.0. The van der Waals surface area contributed by atoms with E-state index in [4.69, 9.17) is 4.74 Å². The smallest absolute Gasteiger partial charge is 0.312 e. The van der Waals surface area contributed by atoms with Gasteiger partial charge in [-0.05, 0) is 31.0 Å². The second kappa shape index (κ2) is 8.06. The molecule has 1 aliphatic heterocycles. The van der Waals surface area contributed by atoms with Gasteiger partial charge in [-0.3, -0.25) is 9.69 Å². The molecule has 5 nitrogen and oxygen atoms in total. The molecule has 1 fully saturated rings. The Bertz CT molecular complexity index is 798. The molecule has 0 saturated carbocycles. The molecule has 0 aromatic heterocycles. The van der Waals surface area contributed by atoms with Crippen molar-refractivity contribution in [3.05, 3.63) is 65.5 Å². The largest absolute Gasteiger partial charge is 0.493 e. The summed E-state index contributed by atoms with van der Waals surface area (Å²) in [5, 5.41) is 20.6. The number of aliphatic hydroxyl groups excluding tert-OH is 1. The van der Waals surface area contributed by atoms with Gasteiger partial charge in [0.15, 0.2) is 11.6 Å². The van der Waals surface area contributed by atoms with Crippen LogP contribution >= 0.6 is 0 Å². The first-order chi connectivity index (χ1) is 13.0. The highest BCUT2D eigenvalue weighted by Gasteiger charge is 2.48. The third kappa shape index (κ3) is 3.96. The molecular weight excluding hydrogens is 349 g/mol. The van der Waals surface area contributed by atoms with Gasteiger partial charge in [-0.1, -0.05) is 42.5 Å². The van der Waals surface area contributed by atoms with Gasteiger partial charge in [0.2, 0.25) is 0 Å². The highest BCUT2D eigenvalue weighted by molar-refractivity contribution is 5.76. The third-order valence-electron chi connectivity index (χ3n) is 5.38. The van der Waals surface area contributed by atoms with Gasteiger partial charge in [-0.25, -0.2) is 4.39 Å². The highest BCUT2D eigenvalue weighted by atomic mass is 19.1. The number of carbonyl (C=O) groups is 1. The minimum atomic E-state index is -1.22. The van der Waals surface area contributed by atoms with Crippen molar-refractivity contribution in [3.63, 3.8) is 0 Å². The number of halogens is 1. The van der Waals surface area contributed by atoms with Crippen LogP contribution in [0.5, 0.6) is 5.75 Å². The second-order valence-corrected chi connectivity index (χ2v) is 7.06. The van der Waals surface area contributed by atoms with Gasteiger partial charge in [0.25, 0.3) is 0 Å². The number of para-hydroxylation sites is 1. The van der Waals surface area contributed by atoms with Gasteiger partial charge in [0.05, 0.1) is 13.2 Å². The molecule has 2 aromatic rings. The monoisotopic (exact) mass is 373 g/mol. The Morgan fingerprint density at radius 1 is 1.26 bits per heavy atom. The standard InChI is InChI=1S/C21H24FNO4/c1-27-19-16(8-5-9-17(19)22)13-23-11-10-21(20(25)26,18(24)14-23)12-15-6-3-2-4-7-15/h2-9,18,24H,10-14H2,1H3,(H,25,26)/t18-,21-/m1/s1. The first-order valence-electron chi connectivity index (χ1n) is 8.95. The number of carboxylic acids is 1. The minimum Gasteiger partial charge on any atom is -0.493 e. The minimum absolute atomic E-state index is 0.186. The molecule has 0 amide bonds. The number of benzene rings is 2. The summed E-state index contributed by atoms with van der Waals surface area (Å²) in [5.74, 6) is -1.23. The lowest BCUT2D eigenvalue weighted by atomic mass is 9.71. The predicted octanol–water partition coefficient (Wildman–Crippen LogP) is 2.71. The quantitative estimate of drug-likeness (QED) is 0.815. The molecule has 2 atom stereocenters. The summed E-state index contributed by atoms with van der Waals surface area (Å²) in [7, 11) is 1.42. The molecule has 0 spiro atoms. The summed E-state index contributed by atoms with van der Waals surface area (Å²) >= 11 is 0. The van der Waals surface area contributed by atoms with Gasteiger partial charge in [0, 0.05) is 18.7 Å². The third-order valence-corrected chi connectivity index (χ3v) is 5.38. The van der Waals surface area contributed by atoms with Crippen molar-refractivity contribution in [2.24, 2.45) is 5.41 Å². The van der Waals surface area contributed by atoms with E-state index in [0.29, 0.717) is 25.1 Å². The van der Waals surface area contributed by atoms with E-state index < -0.39 is 23.3 Å². The number of aliphatic carboxylic acids is 1. The van der Waals surface area contributed by atoms with Crippen LogP contribution in [0.3, 0.4) is 0 Å². The number of likely N-dealkylation sites (tertiary alicyclic amines) is 1. The molecule has 1 aliphatic rings. The van der Waals surface area contributed by atoms with Crippen LogP contribution in [0.4, 0.5) is 4.39 Å². The van der Waals surface area contributed by atoms with Gasteiger partial charge in [-0.15, -0.1) is 0 Å². The Hall–Kier alpha value is -2.44. The van der Waals surface area contributed by atoms with Gasteiger partial charge in [-0.2, -0.15) is 0 Å². The van der Waals surface area contributed by atoms with Crippen molar-refractivity contribution in [2.45, 2.75) is 25.5 Å². The van der Waals surface area contributed by atoms with E-state index in [1.54, 1.807) is 12.1 Å². The van der Waals surface area contributed by atoms with Gasteiger partial charge < -0.3 is 14.9 Å². The Labute approximate surface area is 158 Å². The molecule has 3 rings (SSSR count). The zero-order valence-electron chi connectivity index (χ0n) is 15.3. The molecule has 144 valence electrons. The van der Waals surface area contributed by atoms with Crippen LogP contribution in [0.1, 0.15) is 17.5 Å². The molecule has 0 radical (unpaired) electrons. The van der Waals surface area contributed by atoms with Crippen molar-refractivity contribution in [3.8, 4) is 5.75 Å². The van der Waals surface area contributed by atoms with E-state index in [1.807, 2.05) is 35.2 Å². The lowest BCUT2D eigenvalue weighted by molar-refractivity contribution is -0.163. The number of hydrogen-bond donors (Lipinski definition) is 2. The van der Waals surface area contributed by atoms with Crippen molar-refractivity contribution in [1.29, 1.82) is 0 Å². The number of β-amino-alcohol motifs (C(OH)–C–C–N with tert-alkyl or cyclic N) is 1. The van der Waals surface area contributed by atoms with E-state index in [0.717, 1.165) is 5.56 Å². The number of aliphatic hydroxyl groups is 1. The first-order valence-corrected chi connectivity index (χ1v) is 8.95. The molecular formula is C21H24FNO4. The maximum atomic E-state index is 13.9. The summed E-state index contributed by atoms with van der Waals surface area (Å²) in [6.45, 7) is 1.09. The van der Waals surface area contributed by atoms with Crippen LogP contribution in [-0.4, -0.2) is 47.4 Å². The molecule has 0 bridgehead atoms. The fourth-order valence-corrected chi connectivity index (χ4v) is 3.82. The number of hydrogen-bond acceptors (Lipinski definition) is 4. The summed E-state index contributed by atoms with van der Waals surface area (Å²) in [6, 6.07) is 14.1. The normalized spacial score (nSPS) is 23.1. The zero-order chi connectivity index (χ0) is 19.4. The van der Waals surface area contributed by atoms with E-state index in [1.165, 1.54) is 13.2 Å². The van der Waals surface area contributed by atoms with E-state index in [2.05, 4.69) is 0 Å². The topological polar surface area (TPSA) is 70.0 Å². The SMILES string of the molecule is COc1c(F)cccc1CN1CC[C@](Cc2ccccc2)(C(=O)O)[C@H](O)C1. The van der Waals surface area contributed by atoms with Crippen LogP contribution in [-0.2, 0) is 17.8 Å². The number of piperidine rings is 1. The van der Waals surface area contributed by atoms with E-state index in [9.17, 15) is 19.4 Å². The van der Waals surface area contributed by atoms with Crippen LogP contribution < -0.4 is 4.74 Å². The molecule has 6 heteroatoms. The molecule has 27 heavy (non-hydrogen) atoms. The maximum absolute atomic E-state index is 13.9. The maximum Gasteiger partial charge on any atom is 0.312 e. The molecule has 0 aliphatic carbocycles. The average molecular weight is 373 g/mol. The van der Waals surface area contributed by atoms with Crippen LogP contribution in [0.15, 0.2) is 48.5 Å². The van der Waals surface area contributed by atoms with Crippen LogP contribution in [0.25, 0.3) is 0 Å². The van der Waals surface area contributed by atoms with Gasteiger partial charge in [0.1, 0.15) is 5.41 Å². The van der Waals surface area contributed by atoms with Crippen molar-refractivity contribution in [2.75, 3.05) is 20.2 Å². The number of nitrogens with zero attached hydrogens (tertiary/aromatic N) is 1. The van der Waals surface area contributed by atoms with Crippen LogP contribution in [0.2, 0.25) is 0 Å². The molecule has 1 saturated heterocycles. The fourth-order valence-electron chi connectivity index (χ4n) is 3.82. The number of methoxy groups -OCH3 is 1. The Morgan fingerprint density at radius 3 is 2.63 bits per heavy atom. The Kier molecular flexibility index (Phi) is 5.77. The van der Waals surface area contributed by atoms with Crippen molar-refractivity contribution >= 4 is 5.97 Å². The van der Waals surface area contributed by atoms with Crippen LogP contribution in [0, 0.1) is 11.2 Å². The lowest BCUT2D eigenvalue weighted by Crippen LogP contribution is -2.55. The lowest BCUT2D eigenvalue weighted by Gasteiger charge is -2.43. The molecule has 1 heterocycles. The van der Waals surface area contributed by atoms with Gasteiger partial charge >= 0.3 is 5.97 Å². The predicted molar refractivity (Wildman–Crippen MR) is 99.1 cm³/mol. The average Bonchev–Trinajstić information content (AvgIpc) is 2.65. The van der Waals surface area contributed by atoms with E-state index >= 15 is 0 Å². The number of rotatable bonds is 6. The zero-order valence-corrected chi connectivity index (χ0v) is 15.3. The first kappa shape index (κ1) is 19.3. The summed E-state index contributed by atoms with van der Waals surface area (Å²) < 4.78 is 19.0. The second-order valence-electron chi connectivity index (χ2n) is 7.06. The number of ether oxygens (including phenoxy) is 1. The molecule has 0 unspecified atom stereocenters. The van der Waals surface area contributed by atoms with Crippen molar-refractivity contribution in [1.82, 2.24) is 4.90 Å². The fraction of sp³-hybridized carbons (Fsp3) is 0.381. The number of carboxylic acid groups (broad SMARTS) is 1. The molecule has 2 N–H and O–H groups in total. The van der Waals surface area contributed by atoms with Crippen molar-refractivity contribution < 1.29 is 24.1 Å². The van der Waals surface area contributed by atoms with E-state index in [-0.39, 0.29) is 18.7 Å². The Balaban J connectivity index is 1.76. The summed E-state index contributed by atoms with van der Waals surface area (Å²) in [6.07, 6.45) is -0.430. The summed E-state index contributed by atoms with van der Waals surface area (Å²) in [5.41, 5.74) is 0.346. The highest BCUT2D eigenvalue weighted by Crippen LogP contribution is 2.37.